The van der Waals surface area contributed by atoms with Crippen molar-refractivity contribution in [3.63, 3.8) is 0 Å². The molecule has 0 bridgehead atoms. The first kappa shape index (κ1) is 21.2. The molecule has 8 heteroatoms. The molecule has 2 aromatic heterocycles. The van der Waals surface area contributed by atoms with Crippen LogP contribution in [0.5, 0.6) is 5.75 Å². The van der Waals surface area contributed by atoms with Gasteiger partial charge < -0.3 is 29.4 Å². The number of amides is 1. The minimum Gasteiger partial charge on any atom is -0.548 e. The summed E-state index contributed by atoms with van der Waals surface area (Å²) in [6.45, 7) is 1.72. The number of aliphatic carboxylic acids is 1. The second-order valence-corrected chi connectivity index (χ2v) is 7.53. The highest BCUT2D eigenvalue weighted by atomic mass is 16.5. The summed E-state index contributed by atoms with van der Waals surface area (Å²) < 4.78 is 10.5. The largest absolute Gasteiger partial charge is 0.548 e. The molecule has 4 rings (SSSR count). The summed E-state index contributed by atoms with van der Waals surface area (Å²) in [6, 6.07) is 11.3. The van der Waals surface area contributed by atoms with Gasteiger partial charge in [0.2, 0.25) is 5.91 Å². The smallest absolute Gasteiger partial charge is 0.340 e. The van der Waals surface area contributed by atoms with Crippen LogP contribution in [0.25, 0.3) is 21.9 Å². The summed E-state index contributed by atoms with van der Waals surface area (Å²) in [4.78, 5) is 39.9. The van der Waals surface area contributed by atoms with E-state index in [9.17, 15) is 19.5 Å². The molecular formula is C24H21N2O6-. The lowest BCUT2D eigenvalue weighted by Crippen LogP contribution is -2.49. The van der Waals surface area contributed by atoms with E-state index < -0.39 is 23.5 Å². The first-order valence-electron chi connectivity index (χ1n) is 10.0. The Balaban J connectivity index is 1.55. The maximum absolute atomic E-state index is 12.6. The lowest BCUT2D eigenvalue weighted by Gasteiger charge is -2.20. The molecule has 8 nitrogen and oxygen atoms in total. The number of aromatic nitrogens is 1. The molecule has 2 heterocycles. The Bertz CT molecular complexity index is 1380. The van der Waals surface area contributed by atoms with Crippen molar-refractivity contribution < 1.29 is 23.8 Å². The van der Waals surface area contributed by atoms with Crippen molar-refractivity contribution in [2.24, 2.45) is 0 Å². The van der Waals surface area contributed by atoms with E-state index in [1.165, 1.54) is 7.11 Å². The summed E-state index contributed by atoms with van der Waals surface area (Å²) in [5.74, 6) is -1.47. The number of benzene rings is 2. The number of para-hydroxylation sites is 1. The molecule has 0 aliphatic carbocycles. The van der Waals surface area contributed by atoms with Gasteiger partial charge in [0.05, 0.1) is 31.1 Å². The van der Waals surface area contributed by atoms with Crippen LogP contribution in [0.1, 0.15) is 16.7 Å². The topological polar surface area (TPSA) is 124 Å². The number of hydrogen-bond acceptors (Lipinski definition) is 6. The van der Waals surface area contributed by atoms with Crippen LogP contribution in [0.2, 0.25) is 0 Å². The van der Waals surface area contributed by atoms with Gasteiger partial charge in [0.25, 0.3) is 0 Å². The van der Waals surface area contributed by atoms with Crippen LogP contribution in [0, 0.1) is 6.92 Å². The molecule has 164 valence electrons. The van der Waals surface area contributed by atoms with Gasteiger partial charge in [-0.15, -0.1) is 0 Å². The number of nitrogens with one attached hydrogen (secondary N) is 2. The Kier molecular flexibility index (Phi) is 5.68. The number of hydrogen-bond donors (Lipinski definition) is 2. The lowest BCUT2D eigenvalue weighted by molar-refractivity contribution is -0.308. The van der Waals surface area contributed by atoms with Gasteiger partial charge in [0.15, 0.2) is 0 Å². The number of fused-ring (bicyclic) bond motifs is 2. The van der Waals surface area contributed by atoms with Gasteiger partial charge in [-0.3, -0.25) is 4.79 Å². The number of rotatable bonds is 7. The molecule has 0 saturated heterocycles. The van der Waals surface area contributed by atoms with Gasteiger partial charge in [0.1, 0.15) is 11.3 Å². The molecule has 0 unspecified atom stereocenters. The summed E-state index contributed by atoms with van der Waals surface area (Å²) >= 11 is 0. The van der Waals surface area contributed by atoms with Gasteiger partial charge in [-0.2, -0.15) is 0 Å². The monoisotopic (exact) mass is 433 g/mol. The third-order valence-electron chi connectivity index (χ3n) is 5.55. The van der Waals surface area contributed by atoms with Crippen LogP contribution in [0.15, 0.2) is 57.9 Å². The molecule has 2 N–H and O–H groups in total. The van der Waals surface area contributed by atoms with Gasteiger partial charge in [-0.1, -0.05) is 18.2 Å². The Morgan fingerprint density at radius 3 is 2.72 bits per heavy atom. The highest BCUT2D eigenvalue weighted by molar-refractivity contribution is 5.88. The van der Waals surface area contributed by atoms with Crippen LogP contribution in [-0.2, 0) is 22.4 Å². The first-order valence-corrected chi connectivity index (χ1v) is 10.0. The van der Waals surface area contributed by atoms with E-state index >= 15 is 0 Å². The van der Waals surface area contributed by atoms with Crippen LogP contribution in [0.4, 0.5) is 0 Å². The summed E-state index contributed by atoms with van der Waals surface area (Å²) in [5.41, 5.74) is 2.07. The number of aryl methyl sites for hydroxylation is 1. The normalized spacial score (nSPS) is 12.1. The summed E-state index contributed by atoms with van der Waals surface area (Å²) in [5, 5.41) is 15.7. The number of carbonyl (C=O) groups excluding carboxylic acids is 2. The molecule has 2 aromatic carbocycles. The fourth-order valence-corrected chi connectivity index (χ4v) is 3.83. The van der Waals surface area contributed by atoms with Crippen LogP contribution < -0.4 is 20.8 Å². The molecule has 0 fully saturated rings. The minimum absolute atomic E-state index is 0.0448. The zero-order chi connectivity index (χ0) is 22.8. The van der Waals surface area contributed by atoms with E-state index in [1.54, 1.807) is 31.3 Å². The van der Waals surface area contributed by atoms with Crippen molar-refractivity contribution in [1.29, 1.82) is 0 Å². The first-order chi connectivity index (χ1) is 15.4. The van der Waals surface area contributed by atoms with Crippen molar-refractivity contribution in [3.05, 3.63) is 75.8 Å². The van der Waals surface area contributed by atoms with Crippen molar-refractivity contribution in [2.75, 3.05) is 7.11 Å². The van der Waals surface area contributed by atoms with E-state index in [0.29, 0.717) is 22.3 Å². The zero-order valence-electron chi connectivity index (χ0n) is 17.6. The highest BCUT2D eigenvalue weighted by Gasteiger charge is 2.20. The molecule has 1 atom stereocenters. The minimum atomic E-state index is -1.40. The molecule has 0 aliphatic heterocycles. The zero-order valence-corrected chi connectivity index (χ0v) is 17.6. The maximum atomic E-state index is 12.6. The van der Waals surface area contributed by atoms with E-state index in [4.69, 9.17) is 9.15 Å². The fraction of sp³-hybridized carbons (Fsp3) is 0.208. The predicted molar refractivity (Wildman–Crippen MR) is 116 cm³/mol. The number of carboxylic acids is 1. The summed E-state index contributed by atoms with van der Waals surface area (Å²) in [6.07, 6.45) is 1.44. The number of methoxy groups -OCH3 is 1. The van der Waals surface area contributed by atoms with Gasteiger partial charge in [0, 0.05) is 35.0 Å². The quantitative estimate of drug-likeness (QED) is 0.427. The Morgan fingerprint density at radius 1 is 1.19 bits per heavy atom. The number of ether oxygens (including phenoxy) is 1. The van der Waals surface area contributed by atoms with Crippen LogP contribution >= 0.6 is 0 Å². The second kappa shape index (κ2) is 8.58. The summed E-state index contributed by atoms with van der Waals surface area (Å²) in [7, 11) is 1.51. The molecule has 0 aliphatic rings. The fourth-order valence-electron chi connectivity index (χ4n) is 3.83. The van der Waals surface area contributed by atoms with E-state index in [-0.39, 0.29) is 18.4 Å². The van der Waals surface area contributed by atoms with E-state index in [0.717, 1.165) is 16.5 Å². The van der Waals surface area contributed by atoms with E-state index in [1.807, 2.05) is 24.3 Å². The van der Waals surface area contributed by atoms with Crippen LogP contribution in [-0.4, -0.2) is 30.0 Å². The number of carboxylic acid groups (broad SMARTS) is 1. The maximum Gasteiger partial charge on any atom is 0.340 e. The molecular weight excluding hydrogens is 412 g/mol. The van der Waals surface area contributed by atoms with Gasteiger partial charge in [-0.05, 0) is 36.2 Å². The Labute approximate surface area is 182 Å². The number of H-pyrrole nitrogens is 1. The van der Waals surface area contributed by atoms with Crippen molar-refractivity contribution in [2.45, 2.75) is 25.8 Å². The number of carbonyl (C=O) groups is 2. The van der Waals surface area contributed by atoms with E-state index in [2.05, 4.69) is 10.3 Å². The predicted octanol–water partition coefficient (Wildman–Crippen LogP) is 1.61. The average molecular weight is 433 g/mol. The van der Waals surface area contributed by atoms with Crippen molar-refractivity contribution in [3.8, 4) is 5.75 Å². The van der Waals surface area contributed by atoms with Crippen molar-refractivity contribution in [1.82, 2.24) is 10.3 Å². The third kappa shape index (κ3) is 4.07. The molecule has 0 spiro atoms. The SMILES string of the molecule is COc1ccc2c(C)c(CC(=O)N[C@@H](Cc3c[nH]c4ccccc34)C(=O)[O-])c(=O)oc2c1. The molecule has 1 amide bonds. The number of aromatic amines is 1. The molecule has 0 saturated carbocycles. The molecule has 0 radical (unpaired) electrons. The average Bonchev–Trinajstić information content (AvgIpc) is 3.18. The molecule has 4 aromatic rings. The highest BCUT2D eigenvalue weighted by Crippen LogP contribution is 2.24. The standard InChI is InChI=1S/C24H22N2O6/c1-13-16-8-7-15(31-2)10-21(16)32-24(30)18(13)11-22(27)26-20(23(28)29)9-14-12-25-19-6-4-3-5-17(14)19/h3-8,10,12,20,25H,9,11H2,1-2H3,(H,26,27)(H,28,29)/p-1/t20-/m0/s1. The molecule has 32 heavy (non-hydrogen) atoms. The van der Waals surface area contributed by atoms with Crippen LogP contribution in [0.3, 0.4) is 0 Å². The Hall–Kier alpha value is -4.07. The third-order valence-corrected chi connectivity index (χ3v) is 5.55. The van der Waals surface area contributed by atoms with Crippen molar-refractivity contribution >= 4 is 33.7 Å². The van der Waals surface area contributed by atoms with Gasteiger partial charge >= 0.3 is 5.63 Å². The second-order valence-electron chi connectivity index (χ2n) is 7.53. The Morgan fingerprint density at radius 2 is 1.97 bits per heavy atom. The van der Waals surface area contributed by atoms with Gasteiger partial charge in [-0.25, -0.2) is 4.79 Å². The lowest BCUT2D eigenvalue weighted by atomic mass is 10.0.